The number of hydrogen-bond acceptors (Lipinski definition) is 6. The number of rotatable bonds is 10. The molecule has 1 heterocycles. The highest BCUT2D eigenvalue weighted by atomic mass is 32.2. The number of alkyl halides is 3. The van der Waals surface area contributed by atoms with Gasteiger partial charge < -0.3 is 0 Å². The molecule has 0 radical (unpaired) electrons. The number of nitrogens with one attached hydrogen (secondary N) is 2. The molecule has 7 nitrogen and oxygen atoms in total. The van der Waals surface area contributed by atoms with E-state index in [1.54, 1.807) is 48.5 Å². The average molecular weight is 528 g/mol. The number of benzene rings is 3. The Balaban J connectivity index is 1.62. The summed E-state index contributed by atoms with van der Waals surface area (Å²) in [6.45, 7) is -0.375. The van der Waals surface area contributed by atoms with Gasteiger partial charge in [0.25, 0.3) is 0 Å². The molecule has 1 aromatic heterocycles. The SMILES string of the molecule is O=S(=O)(c1ccccc1)N(Cc1ccccc1)Cc1cnc(NNCc2ccccc2)nc1C(F)(F)F. The number of aromatic nitrogens is 2. The molecule has 2 N–H and O–H groups in total. The van der Waals surface area contributed by atoms with Crippen LogP contribution >= 0.6 is 0 Å². The normalized spacial score (nSPS) is 12.0. The van der Waals surface area contributed by atoms with E-state index in [0.29, 0.717) is 12.1 Å². The molecule has 0 aliphatic heterocycles. The zero-order valence-electron chi connectivity index (χ0n) is 19.6. The van der Waals surface area contributed by atoms with E-state index >= 15 is 0 Å². The van der Waals surface area contributed by atoms with E-state index in [1.165, 1.54) is 12.1 Å². The maximum atomic E-state index is 14.0. The third-order valence-electron chi connectivity index (χ3n) is 5.40. The Hall–Kier alpha value is -3.80. The Morgan fingerprint density at radius 3 is 1.95 bits per heavy atom. The van der Waals surface area contributed by atoms with Crippen molar-refractivity contribution in [3.63, 3.8) is 0 Å². The van der Waals surface area contributed by atoms with Crippen LogP contribution in [0.2, 0.25) is 0 Å². The van der Waals surface area contributed by atoms with Gasteiger partial charge in [-0.3, -0.25) is 5.43 Å². The minimum absolute atomic E-state index is 0.0243. The lowest BCUT2D eigenvalue weighted by Gasteiger charge is -2.24. The van der Waals surface area contributed by atoms with Crippen molar-refractivity contribution in [2.75, 3.05) is 5.43 Å². The van der Waals surface area contributed by atoms with Gasteiger partial charge in [-0.2, -0.15) is 17.5 Å². The van der Waals surface area contributed by atoms with Crippen LogP contribution in [-0.4, -0.2) is 22.7 Å². The standard InChI is InChI=1S/C26H24F3N5O2S/c27-26(28,29)24-22(17-30-25(32-24)33-31-16-20-10-4-1-5-11-20)19-34(18-21-12-6-2-7-13-21)37(35,36)23-14-8-3-9-15-23/h1-15,17,31H,16,18-19H2,(H,30,32,33). The van der Waals surface area contributed by atoms with Gasteiger partial charge in [-0.1, -0.05) is 78.9 Å². The van der Waals surface area contributed by atoms with Crippen LogP contribution in [0.1, 0.15) is 22.4 Å². The highest BCUT2D eigenvalue weighted by Gasteiger charge is 2.37. The maximum Gasteiger partial charge on any atom is 0.433 e. The second-order valence-corrected chi connectivity index (χ2v) is 10.0. The molecule has 0 atom stereocenters. The summed E-state index contributed by atoms with van der Waals surface area (Å²) in [6.07, 6.45) is -3.83. The van der Waals surface area contributed by atoms with Crippen LogP contribution in [0.5, 0.6) is 0 Å². The lowest BCUT2D eigenvalue weighted by Crippen LogP contribution is -2.32. The fourth-order valence-corrected chi connectivity index (χ4v) is 5.02. The van der Waals surface area contributed by atoms with Crippen molar-refractivity contribution in [3.05, 3.63) is 120 Å². The first kappa shape index (κ1) is 26.3. The van der Waals surface area contributed by atoms with E-state index in [2.05, 4.69) is 20.8 Å². The van der Waals surface area contributed by atoms with Crippen LogP contribution < -0.4 is 10.9 Å². The zero-order chi connectivity index (χ0) is 26.3. The van der Waals surface area contributed by atoms with Crippen LogP contribution in [0.15, 0.2) is 102 Å². The molecule has 0 saturated heterocycles. The van der Waals surface area contributed by atoms with E-state index < -0.39 is 28.4 Å². The molecular weight excluding hydrogens is 503 g/mol. The van der Waals surface area contributed by atoms with Crippen LogP contribution in [0.3, 0.4) is 0 Å². The van der Waals surface area contributed by atoms with Gasteiger partial charge in [0.05, 0.1) is 4.90 Å². The van der Waals surface area contributed by atoms with Crippen molar-refractivity contribution >= 4 is 16.0 Å². The predicted molar refractivity (Wildman–Crippen MR) is 133 cm³/mol. The molecule has 0 aliphatic carbocycles. The summed E-state index contributed by atoms with van der Waals surface area (Å²) in [5, 5.41) is 0. The summed E-state index contributed by atoms with van der Waals surface area (Å²) >= 11 is 0. The molecule has 11 heteroatoms. The Kier molecular flexibility index (Phi) is 8.17. The van der Waals surface area contributed by atoms with Gasteiger partial charge in [-0.25, -0.2) is 23.8 Å². The van der Waals surface area contributed by atoms with Crippen molar-refractivity contribution in [1.29, 1.82) is 0 Å². The van der Waals surface area contributed by atoms with Gasteiger partial charge in [-0.05, 0) is 23.3 Å². The third kappa shape index (κ3) is 6.91. The fourth-order valence-electron chi connectivity index (χ4n) is 3.59. The molecule has 0 aliphatic rings. The number of nitrogens with zero attached hydrogens (tertiary/aromatic N) is 3. The monoisotopic (exact) mass is 527 g/mol. The highest BCUT2D eigenvalue weighted by Crippen LogP contribution is 2.32. The van der Waals surface area contributed by atoms with Gasteiger partial charge in [0.15, 0.2) is 5.69 Å². The molecule has 0 spiro atoms. The average Bonchev–Trinajstić information content (AvgIpc) is 2.90. The number of hydrazine groups is 1. The van der Waals surface area contributed by atoms with Gasteiger partial charge in [-0.15, -0.1) is 0 Å². The quantitative estimate of drug-likeness (QED) is 0.282. The summed E-state index contributed by atoms with van der Waals surface area (Å²) in [5.74, 6) is -0.285. The zero-order valence-corrected chi connectivity index (χ0v) is 20.4. The van der Waals surface area contributed by atoms with E-state index in [-0.39, 0.29) is 23.0 Å². The number of hydrogen-bond donors (Lipinski definition) is 2. The molecule has 0 bridgehead atoms. The number of sulfonamides is 1. The Morgan fingerprint density at radius 1 is 0.784 bits per heavy atom. The van der Waals surface area contributed by atoms with Crippen LogP contribution in [-0.2, 0) is 35.8 Å². The Bertz CT molecular complexity index is 1400. The fraction of sp³-hybridized carbons (Fsp3) is 0.154. The summed E-state index contributed by atoms with van der Waals surface area (Å²) in [4.78, 5) is 7.63. The topological polar surface area (TPSA) is 87.2 Å². The van der Waals surface area contributed by atoms with E-state index in [0.717, 1.165) is 16.1 Å². The van der Waals surface area contributed by atoms with Crippen molar-refractivity contribution in [1.82, 2.24) is 19.7 Å². The predicted octanol–water partition coefficient (Wildman–Crippen LogP) is 5.00. The summed E-state index contributed by atoms with van der Waals surface area (Å²) in [7, 11) is -4.13. The number of anilines is 1. The largest absolute Gasteiger partial charge is 0.433 e. The minimum Gasteiger partial charge on any atom is -0.289 e. The Labute approximate surface area is 213 Å². The lowest BCUT2D eigenvalue weighted by molar-refractivity contribution is -0.142. The van der Waals surface area contributed by atoms with Crippen molar-refractivity contribution in [3.8, 4) is 0 Å². The Morgan fingerprint density at radius 2 is 1.35 bits per heavy atom. The van der Waals surface area contributed by atoms with Crippen molar-refractivity contribution < 1.29 is 21.6 Å². The van der Waals surface area contributed by atoms with Gasteiger partial charge in [0.2, 0.25) is 16.0 Å². The highest BCUT2D eigenvalue weighted by molar-refractivity contribution is 7.89. The van der Waals surface area contributed by atoms with Crippen molar-refractivity contribution in [2.24, 2.45) is 0 Å². The first-order valence-electron chi connectivity index (χ1n) is 11.3. The van der Waals surface area contributed by atoms with E-state index in [1.807, 2.05) is 30.3 Å². The molecular formula is C26H24F3N5O2S. The van der Waals surface area contributed by atoms with E-state index in [9.17, 15) is 21.6 Å². The van der Waals surface area contributed by atoms with E-state index in [4.69, 9.17) is 0 Å². The third-order valence-corrected chi connectivity index (χ3v) is 7.20. The van der Waals surface area contributed by atoms with Gasteiger partial charge in [0, 0.05) is 31.4 Å². The minimum atomic E-state index is -4.83. The molecule has 192 valence electrons. The molecule has 4 aromatic rings. The summed E-state index contributed by atoms with van der Waals surface area (Å²) in [5.41, 5.74) is 5.32. The molecule has 3 aromatic carbocycles. The van der Waals surface area contributed by atoms with Crippen molar-refractivity contribution in [2.45, 2.75) is 30.7 Å². The summed E-state index contributed by atoms with van der Waals surface area (Å²) < 4.78 is 69.9. The molecule has 0 amide bonds. The van der Waals surface area contributed by atoms with Gasteiger partial charge in [0.1, 0.15) is 0 Å². The second kappa shape index (κ2) is 11.5. The molecule has 0 unspecified atom stereocenters. The molecule has 0 fully saturated rings. The smallest absolute Gasteiger partial charge is 0.289 e. The van der Waals surface area contributed by atoms with Crippen LogP contribution in [0.4, 0.5) is 19.1 Å². The number of halogens is 3. The first-order valence-corrected chi connectivity index (χ1v) is 12.7. The van der Waals surface area contributed by atoms with Crippen LogP contribution in [0, 0.1) is 0 Å². The molecule has 0 saturated carbocycles. The summed E-state index contributed by atoms with van der Waals surface area (Å²) in [6, 6.07) is 25.5. The first-order chi connectivity index (χ1) is 17.7. The molecule has 37 heavy (non-hydrogen) atoms. The second-order valence-electron chi connectivity index (χ2n) is 8.10. The maximum absolute atomic E-state index is 14.0. The molecule has 4 rings (SSSR count). The van der Waals surface area contributed by atoms with Crippen LogP contribution in [0.25, 0.3) is 0 Å². The van der Waals surface area contributed by atoms with Gasteiger partial charge >= 0.3 is 6.18 Å². The lowest BCUT2D eigenvalue weighted by atomic mass is 10.2.